The van der Waals surface area contributed by atoms with E-state index in [1.807, 2.05) is 29.1 Å². The lowest BCUT2D eigenvalue weighted by Crippen LogP contribution is -2.02. The summed E-state index contributed by atoms with van der Waals surface area (Å²) in [7, 11) is 0. The van der Waals surface area contributed by atoms with Gasteiger partial charge in [-0.05, 0) is 56.2 Å². The number of benzene rings is 2. The van der Waals surface area contributed by atoms with Gasteiger partial charge in [-0.3, -0.25) is 4.57 Å². The van der Waals surface area contributed by atoms with Crippen molar-refractivity contribution in [2.75, 3.05) is 0 Å². The zero-order valence-electron chi connectivity index (χ0n) is 12.3. The van der Waals surface area contributed by atoms with E-state index < -0.39 is 6.10 Å². The van der Waals surface area contributed by atoms with Crippen molar-refractivity contribution in [2.45, 2.75) is 26.9 Å². The number of hydrogen-bond acceptors (Lipinski definition) is 2. The Balaban J connectivity index is 2.30. The van der Waals surface area contributed by atoms with E-state index in [2.05, 4.69) is 46.9 Å². The summed E-state index contributed by atoms with van der Waals surface area (Å²) in [5, 5.41) is 10.0. The maximum Gasteiger partial charge on any atom is 0.100 e. The van der Waals surface area contributed by atoms with E-state index in [1.54, 1.807) is 6.92 Å². The van der Waals surface area contributed by atoms with Crippen LogP contribution >= 0.6 is 15.9 Å². The predicted octanol–water partition coefficient (Wildman–Crippen LogP) is 4.46. The third-order valence-electron chi connectivity index (χ3n) is 3.86. The monoisotopic (exact) mass is 344 g/mol. The molecule has 3 aromatic rings. The largest absolute Gasteiger partial charge is 0.389 e. The molecule has 0 aliphatic rings. The molecule has 2 aromatic carbocycles. The molecule has 0 amide bonds. The fourth-order valence-electron chi connectivity index (χ4n) is 2.53. The highest BCUT2D eigenvalue weighted by molar-refractivity contribution is 9.10. The second-order valence-electron chi connectivity index (χ2n) is 5.42. The molecule has 3 nitrogen and oxygen atoms in total. The van der Waals surface area contributed by atoms with Crippen molar-refractivity contribution in [2.24, 2.45) is 0 Å². The quantitative estimate of drug-likeness (QED) is 0.745. The number of fused-ring (bicyclic) bond motifs is 1. The number of imidazole rings is 1. The molecule has 0 fully saturated rings. The van der Waals surface area contributed by atoms with E-state index in [4.69, 9.17) is 0 Å². The van der Waals surface area contributed by atoms with E-state index in [0.29, 0.717) is 0 Å². The summed E-state index contributed by atoms with van der Waals surface area (Å²) in [6, 6.07) is 10.1. The second-order valence-corrected chi connectivity index (χ2v) is 6.33. The van der Waals surface area contributed by atoms with E-state index in [-0.39, 0.29) is 0 Å². The van der Waals surface area contributed by atoms with Crippen molar-refractivity contribution in [3.63, 3.8) is 0 Å². The highest BCUT2D eigenvalue weighted by Gasteiger charge is 2.13. The summed E-state index contributed by atoms with van der Waals surface area (Å²) in [5.74, 6) is 0. The zero-order valence-corrected chi connectivity index (χ0v) is 13.8. The van der Waals surface area contributed by atoms with Gasteiger partial charge < -0.3 is 5.11 Å². The molecule has 21 heavy (non-hydrogen) atoms. The number of halogens is 1. The van der Waals surface area contributed by atoms with Crippen LogP contribution in [0.3, 0.4) is 0 Å². The molecule has 0 saturated carbocycles. The van der Waals surface area contributed by atoms with Gasteiger partial charge in [0.25, 0.3) is 0 Å². The van der Waals surface area contributed by atoms with Gasteiger partial charge in [0.05, 0.1) is 22.8 Å². The molecule has 1 aromatic heterocycles. The smallest absolute Gasteiger partial charge is 0.100 e. The lowest BCUT2D eigenvalue weighted by molar-refractivity contribution is 0.199. The summed E-state index contributed by atoms with van der Waals surface area (Å²) in [4.78, 5) is 4.49. The third-order valence-corrected chi connectivity index (χ3v) is 4.36. The van der Waals surface area contributed by atoms with Crippen LogP contribution in [0.25, 0.3) is 16.7 Å². The Morgan fingerprint density at radius 1 is 1.14 bits per heavy atom. The highest BCUT2D eigenvalue weighted by atomic mass is 79.9. The van der Waals surface area contributed by atoms with Crippen LogP contribution in [-0.4, -0.2) is 14.7 Å². The minimum atomic E-state index is -0.530. The van der Waals surface area contributed by atoms with Crippen LogP contribution < -0.4 is 0 Å². The van der Waals surface area contributed by atoms with Gasteiger partial charge in [0.1, 0.15) is 6.33 Å². The summed E-state index contributed by atoms with van der Waals surface area (Å²) >= 11 is 3.51. The Bertz CT molecular complexity index is 821. The van der Waals surface area contributed by atoms with Gasteiger partial charge in [0.15, 0.2) is 0 Å². The predicted molar refractivity (Wildman–Crippen MR) is 88.9 cm³/mol. The summed E-state index contributed by atoms with van der Waals surface area (Å²) in [6.45, 7) is 5.97. The number of aliphatic hydroxyl groups is 1. The Morgan fingerprint density at radius 3 is 2.57 bits per heavy atom. The van der Waals surface area contributed by atoms with Crippen LogP contribution in [0.15, 0.2) is 41.1 Å². The third kappa shape index (κ3) is 2.49. The van der Waals surface area contributed by atoms with Crippen molar-refractivity contribution < 1.29 is 5.11 Å². The topological polar surface area (TPSA) is 38.0 Å². The maximum atomic E-state index is 10.0. The van der Waals surface area contributed by atoms with Crippen LogP contribution in [-0.2, 0) is 0 Å². The number of aromatic nitrogens is 2. The molecule has 0 spiro atoms. The molecule has 108 valence electrons. The average Bonchev–Trinajstić information content (AvgIpc) is 2.81. The highest BCUT2D eigenvalue weighted by Crippen LogP contribution is 2.29. The van der Waals surface area contributed by atoms with Gasteiger partial charge >= 0.3 is 0 Å². The van der Waals surface area contributed by atoms with Gasteiger partial charge in [-0.2, -0.15) is 0 Å². The van der Waals surface area contributed by atoms with Gasteiger partial charge in [0.2, 0.25) is 0 Å². The van der Waals surface area contributed by atoms with Crippen molar-refractivity contribution in [1.82, 2.24) is 9.55 Å². The number of hydrogen-bond donors (Lipinski definition) is 1. The maximum absolute atomic E-state index is 10.0. The Hall–Kier alpha value is -1.65. The van der Waals surface area contributed by atoms with Gasteiger partial charge in [-0.15, -0.1) is 0 Å². The SMILES string of the molecule is Cc1cc2ncn(-c3cc(Br)ccc3C(C)O)c2cc1C. The minimum absolute atomic E-state index is 0.530. The molecule has 0 radical (unpaired) electrons. The molecule has 1 heterocycles. The van der Waals surface area contributed by atoms with Crippen molar-refractivity contribution in [3.05, 3.63) is 57.8 Å². The Kier molecular flexibility index (Phi) is 3.59. The van der Waals surface area contributed by atoms with Gasteiger partial charge in [0, 0.05) is 10.0 Å². The fourth-order valence-corrected chi connectivity index (χ4v) is 2.88. The van der Waals surface area contributed by atoms with Crippen molar-refractivity contribution in [1.29, 1.82) is 0 Å². The molecular formula is C17H17BrN2O. The standard InChI is InChI=1S/C17H17BrN2O/c1-10-6-15-17(7-11(10)2)20(9-19-15)16-8-13(18)4-5-14(16)12(3)21/h4-9,12,21H,1-3H3. The van der Waals surface area contributed by atoms with Crippen LogP contribution in [0.1, 0.15) is 29.7 Å². The summed E-state index contributed by atoms with van der Waals surface area (Å²) in [5.41, 5.74) is 6.32. The molecule has 0 bridgehead atoms. The first-order chi connectivity index (χ1) is 9.97. The molecular weight excluding hydrogens is 328 g/mol. The fraction of sp³-hybridized carbons (Fsp3) is 0.235. The number of rotatable bonds is 2. The Morgan fingerprint density at radius 2 is 1.86 bits per heavy atom. The van der Waals surface area contributed by atoms with Gasteiger partial charge in [-0.1, -0.05) is 22.0 Å². The first kappa shape index (κ1) is 14.3. The first-order valence-corrected chi connectivity index (χ1v) is 7.69. The molecule has 1 unspecified atom stereocenters. The molecule has 0 saturated heterocycles. The first-order valence-electron chi connectivity index (χ1n) is 6.89. The van der Waals surface area contributed by atoms with Crippen molar-refractivity contribution >= 4 is 27.0 Å². The molecule has 0 aliphatic heterocycles. The van der Waals surface area contributed by atoms with Crippen LogP contribution in [0.5, 0.6) is 0 Å². The lowest BCUT2D eigenvalue weighted by Gasteiger charge is -2.14. The summed E-state index contributed by atoms with van der Waals surface area (Å²) in [6.07, 6.45) is 1.29. The second kappa shape index (κ2) is 5.28. The Labute approximate surface area is 132 Å². The van der Waals surface area contributed by atoms with Crippen molar-refractivity contribution in [3.8, 4) is 5.69 Å². The molecule has 1 atom stereocenters. The van der Waals surface area contributed by atoms with E-state index in [1.165, 1.54) is 11.1 Å². The molecule has 0 aliphatic carbocycles. The molecule has 3 rings (SSSR count). The average molecular weight is 345 g/mol. The molecule has 1 N–H and O–H groups in total. The summed E-state index contributed by atoms with van der Waals surface area (Å²) < 4.78 is 3.02. The van der Waals surface area contributed by atoms with Crippen LogP contribution in [0.2, 0.25) is 0 Å². The van der Waals surface area contributed by atoms with Crippen LogP contribution in [0.4, 0.5) is 0 Å². The van der Waals surface area contributed by atoms with E-state index in [9.17, 15) is 5.11 Å². The normalized spacial score (nSPS) is 12.8. The van der Waals surface area contributed by atoms with Crippen LogP contribution in [0, 0.1) is 13.8 Å². The number of nitrogens with zero attached hydrogens (tertiary/aromatic N) is 2. The zero-order chi connectivity index (χ0) is 15.1. The van der Waals surface area contributed by atoms with E-state index in [0.717, 1.165) is 26.8 Å². The van der Waals surface area contributed by atoms with Gasteiger partial charge in [-0.25, -0.2) is 4.98 Å². The lowest BCUT2D eigenvalue weighted by atomic mass is 10.1. The molecule has 4 heteroatoms. The van der Waals surface area contributed by atoms with E-state index >= 15 is 0 Å². The minimum Gasteiger partial charge on any atom is -0.389 e. The number of aryl methyl sites for hydroxylation is 2. The number of aliphatic hydroxyl groups excluding tert-OH is 1.